The molecule has 0 aliphatic carbocycles. The minimum atomic E-state index is -3.26. The maximum absolute atomic E-state index is 11.2. The Morgan fingerprint density at radius 1 is 1.29 bits per heavy atom. The van der Waals surface area contributed by atoms with E-state index in [4.69, 9.17) is 0 Å². The van der Waals surface area contributed by atoms with Crippen molar-refractivity contribution >= 4 is 21.4 Å². The first kappa shape index (κ1) is 15.4. The van der Waals surface area contributed by atoms with Crippen molar-refractivity contribution in [2.45, 2.75) is 26.4 Å². The molecule has 21 heavy (non-hydrogen) atoms. The lowest BCUT2D eigenvalue weighted by Gasteiger charge is -2.08. The van der Waals surface area contributed by atoms with Gasteiger partial charge in [-0.2, -0.15) is 5.10 Å². The van der Waals surface area contributed by atoms with E-state index in [0.29, 0.717) is 12.2 Å². The van der Waals surface area contributed by atoms with E-state index in [2.05, 4.69) is 22.1 Å². The fraction of sp³-hybridized carbons (Fsp3) is 0.357. The van der Waals surface area contributed by atoms with Crippen LogP contribution in [0.5, 0.6) is 0 Å². The molecule has 1 aromatic heterocycles. The Hall–Kier alpha value is -2.02. The van der Waals surface area contributed by atoms with Gasteiger partial charge in [0.25, 0.3) is 0 Å². The predicted octanol–water partition coefficient (Wildman–Crippen LogP) is 2.28. The number of nitrogens with zero attached hydrogens (tertiary/aromatic N) is 2. The van der Waals surface area contributed by atoms with E-state index in [-0.39, 0.29) is 0 Å². The molecule has 0 unspecified atom stereocenters. The molecule has 2 N–H and O–H groups in total. The third-order valence-corrected chi connectivity index (χ3v) is 3.41. The van der Waals surface area contributed by atoms with Crippen molar-refractivity contribution in [1.29, 1.82) is 0 Å². The minimum Gasteiger partial charge on any atom is -0.381 e. The molecule has 0 saturated heterocycles. The van der Waals surface area contributed by atoms with Crippen molar-refractivity contribution < 1.29 is 8.42 Å². The van der Waals surface area contributed by atoms with Crippen LogP contribution in [-0.4, -0.2) is 24.5 Å². The van der Waals surface area contributed by atoms with Gasteiger partial charge in [-0.05, 0) is 24.6 Å². The summed E-state index contributed by atoms with van der Waals surface area (Å²) in [5.41, 5.74) is 2.49. The molecule has 0 saturated carbocycles. The van der Waals surface area contributed by atoms with Gasteiger partial charge in [0.05, 0.1) is 18.1 Å². The van der Waals surface area contributed by atoms with E-state index in [0.717, 1.165) is 30.5 Å². The second kappa shape index (κ2) is 6.62. The number of sulfonamides is 1. The lowest BCUT2D eigenvalue weighted by Crippen LogP contribution is -2.09. The maximum atomic E-state index is 11.2. The minimum absolute atomic E-state index is 0.546. The van der Waals surface area contributed by atoms with Crippen molar-refractivity contribution in [3.05, 3.63) is 42.2 Å². The monoisotopic (exact) mass is 308 g/mol. The molecule has 0 aliphatic heterocycles. The zero-order chi connectivity index (χ0) is 15.3. The zero-order valence-electron chi connectivity index (χ0n) is 12.2. The standard InChI is InChI=1S/C14H20N4O2S/c1-3-7-18-11-12(10-16-18)9-15-13-5-4-6-14(8-13)17-21(2,19)20/h4-6,8,10-11,15,17H,3,7,9H2,1-2H3. The Morgan fingerprint density at radius 2 is 2.05 bits per heavy atom. The zero-order valence-corrected chi connectivity index (χ0v) is 13.0. The van der Waals surface area contributed by atoms with Crippen molar-refractivity contribution in [2.75, 3.05) is 16.3 Å². The van der Waals surface area contributed by atoms with Gasteiger partial charge in [-0.1, -0.05) is 13.0 Å². The van der Waals surface area contributed by atoms with Crippen LogP contribution >= 0.6 is 0 Å². The second-order valence-corrected chi connectivity index (χ2v) is 6.67. The van der Waals surface area contributed by atoms with Crippen molar-refractivity contribution in [3.63, 3.8) is 0 Å². The SMILES string of the molecule is CCCn1cc(CNc2cccc(NS(C)(=O)=O)c2)cn1. The first-order valence-electron chi connectivity index (χ1n) is 6.79. The van der Waals surface area contributed by atoms with Gasteiger partial charge in [0.1, 0.15) is 0 Å². The molecule has 6 nitrogen and oxygen atoms in total. The van der Waals surface area contributed by atoms with Crippen LogP contribution in [-0.2, 0) is 23.1 Å². The van der Waals surface area contributed by atoms with E-state index < -0.39 is 10.0 Å². The Bertz CT molecular complexity index is 695. The van der Waals surface area contributed by atoms with Gasteiger partial charge >= 0.3 is 0 Å². The fourth-order valence-electron chi connectivity index (χ4n) is 1.96. The number of nitrogens with one attached hydrogen (secondary N) is 2. The maximum Gasteiger partial charge on any atom is 0.229 e. The van der Waals surface area contributed by atoms with Crippen LogP contribution in [0.3, 0.4) is 0 Å². The predicted molar refractivity (Wildman–Crippen MR) is 84.8 cm³/mol. The van der Waals surface area contributed by atoms with Crippen LogP contribution in [0.2, 0.25) is 0 Å². The second-order valence-electron chi connectivity index (χ2n) is 4.92. The van der Waals surface area contributed by atoms with Crippen LogP contribution < -0.4 is 10.0 Å². The van der Waals surface area contributed by atoms with Crippen LogP contribution in [0.15, 0.2) is 36.7 Å². The average molecular weight is 308 g/mol. The van der Waals surface area contributed by atoms with Crippen LogP contribution in [0.4, 0.5) is 11.4 Å². The van der Waals surface area contributed by atoms with E-state index >= 15 is 0 Å². The smallest absolute Gasteiger partial charge is 0.229 e. The lowest BCUT2D eigenvalue weighted by molar-refractivity contribution is 0.602. The molecule has 0 fully saturated rings. The third-order valence-electron chi connectivity index (χ3n) is 2.80. The van der Waals surface area contributed by atoms with Gasteiger partial charge in [0.2, 0.25) is 10.0 Å². The fourth-order valence-corrected chi connectivity index (χ4v) is 2.52. The molecule has 0 aliphatic rings. The molecule has 7 heteroatoms. The highest BCUT2D eigenvalue weighted by Gasteiger charge is 2.03. The summed E-state index contributed by atoms with van der Waals surface area (Å²) in [7, 11) is -3.26. The summed E-state index contributed by atoms with van der Waals surface area (Å²) < 4.78 is 26.8. The van der Waals surface area contributed by atoms with Crippen LogP contribution in [0.1, 0.15) is 18.9 Å². The van der Waals surface area contributed by atoms with E-state index in [1.165, 1.54) is 0 Å². The number of aryl methyl sites for hydroxylation is 1. The van der Waals surface area contributed by atoms with Crippen molar-refractivity contribution in [1.82, 2.24) is 9.78 Å². The molecule has 0 radical (unpaired) electrons. The van der Waals surface area contributed by atoms with Gasteiger partial charge < -0.3 is 5.32 Å². The molecular formula is C14H20N4O2S. The number of hydrogen-bond acceptors (Lipinski definition) is 4. The Balaban J connectivity index is 1.97. The lowest BCUT2D eigenvalue weighted by atomic mass is 10.2. The molecule has 2 aromatic rings. The van der Waals surface area contributed by atoms with E-state index in [1.54, 1.807) is 18.2 Å². The first-order chi connectivity index (χ1) is 9.96. The molecule has 1 aromatic carbocycles. The third kappa shape index (κ3) is 5.11. The molecule has 114 valence electrons. The van der Waals surface area contributed by atoms with E-state index in [9.17, 15) is 8.42 Å². The summed E-state index contributed by atoms with van der Waals surface area (Å²) in [5.74, 6) is 0. The van der Waals surface area contributed by atoms with Crippen molar-refractivity contribution in [2.24, 2.45) is 0 Å². The number of hydrogen-bond donors (Lipinski definition) is 2. The first-order valence-corrected chi connectivity index (χ1v) is 8.68. The van der Waals surface area contributed by atoms with E-state index in [1.807, 2.05) is 23.1 Å². The number of aromatic nitrogens is 2. The van der Waals surface area contributed by atoms with Crippen LogP contribution in [0.25, 0.3) is 0 Å². The molecule has 0 spiro atoms. The van der Waals surface area contributed by atoms with Gasteiger partial charge in [0, 0.05) is 30.5 Å². The van der Waals surface area contributed by atoms with Gasteiger partial charge in [-0.3, -0.25) is 9.40 Å². The van der Waals surface area contributed by atoms with Gasteiger partial charge in [-0.15, -0.1) is 0 Å². The number of rotatable bonds is 7. The van der Waals surface area contributed by atoms with Gasteiger partial charge in [-0.25, -0.2) is 8.42 Å². The Labute approximate surface area is 125 Å². The Morgan fingerprint density at radius 3 is 2.76 bits per heavy atom. The van der Waals surface area contributed by atoms with Gasteiger partial charge in [0.15, 0.2) is 0 Å². The summed E-state index contributed by atoms with van der Waals surface area (Å²) in [4.78, 5) is 0. The molecular weight excluding hydrogens is 288 g/mol. The highest BCUT2D eigenvalue weighted by Crippen LogP contribution is 2.16. The summed E-state index contributed by atoms with van der Waals surface area (Å²) in [6.07, 6.45) is 6.03. The summed E-state index contributed by atoms with van der Waals surface area (Å²) in [5, 5.41) is 7.52. The molecule has 0 bridgehead atoms. The molecule has 0 amide bonds. The average Bonchev–Trinajstić information content (AvgIpc) is 2.83. The number of anilines is 2. The summed E-state index contributed by atoms with van der Waals surface area (Å²) in [6.45, 7) is 3.67. The quantitative estimate of drug-likeness (QED) is 0.823. The van der Waals surface area contributed by atoms with Crippen molar-refractivity contribution in [3.8, 4) is 0 Å². The highest BCUT2D eigenvalue weighted by molar-refractivity contribution is 7.92. The highest BCUT2D eigenvalue weighted by atomic mass is 32.2. The van der Waals surface area contributed by atoms with Crippen LogP contribution in [0, 0.1) is 0 Å². The molecule has 0 atom stereocenters. The molecule has 2 rings (SSSR count). The Kier molecular flexibility index (Phi) is 4.85. The summed E-state index contributed by atoms with van der Waals surface area (Å²) >= 11 is 0. The topological polar surface area (TPSA) is 76.0 Å². The largest absolute Gasteiger partial charge is 0.381 e. The normalized spacial score (nSPS) is 11.3. The summed E-state index contributed by atoms with van der Waals surface area (Å²) in [6, 6.07) is 7.17. The number of benzene rings is 1. The molecule has 1 heterocycles.